The number of alkyl halides is 1. The average molecular weight is 212 g/mol. The molecule has 1 aliphatic carbocycles. The Bertz CT molecular complexity index is 118. The minimum atomic E-state index is -0.569. The van der Waals surface area contributed by atoms with Crippen LogP contribution in [0, 0.1) is 0 Å². The summed E-state index contributed by atoms with van der Waals surface area (Å²) in [6.07, 6.45) is 3.54. The Morgan fingerprint density at radius 3 is 2.38 bits per heavy atom. The van der Waals surface area contributed by atoms with Crippen LogP contribution in [-0.4, -0.2) is 30.5 Å². The number of rotatable bonds is 4. The van der Waals surface area contributed by atoms with Crippen molar-refractivity contribution in [3.05, 3.63) is 0 Å². The Labute approximate surface area is 85.3 Å². The summed E-state index contributed by atoms with van der Waals surface area (Å²) in [7, 11) is 0. The molecule has 2 N–H and O–H groups in total. The van der Waals surface area contributed by atoms with Crippen molar-refractivity contribution in [1.82, 2.24) is 5.32 Å². The van der Waals surface area contributed by atoms with E-state index in [1.54, 1.807) is 0 Å². The summed E-state index contributed by atoms with van der Waals surface area (Å²) in [5.41, 5.74) is 0. The molecule has 0 amide bonds. The fraction of sp³-hybridized carbons (Fsp3) is 1.00. The van der Waals surface area contributed by atoms with Crippen LogP contribution in [0.1, 0.15) is 32.1 Å². The monoisotopic (exact) mass is 211 g/mol. The van der Waals surface area contributed by atoms with Gasteiger partial charge in [-0.05, 0) is 38.6 Å². The molecule has 0 bridgehead atoms. The number of hydrogen-bond acceptors (Lipinski definition) is 2. The van der Waals surface area contributed by atoms with Crippen molar-refractivity contribution in [3.63, 3.8) is 0 Å². The number of halogens is 2. The van der Waals surface area contributed by atoms with Crippen molar-refractivity contribution < 1.29 is 9.50 Å². The minimum Gasteiger partial charge on any atom is -0.396 e. The second-order valence-corrected chi connectivity index (χ2v) is 3.48. The van der Waals surface area contributed by atoms with Crippen LogP contribution in [0.25, 0.3) is 0 Å². The highest BCUT2D eigenvalue weighted by Gasteiger charge is 2.19. The van der Waals surface area contributed by atoms with Crippen LogP contribution in [0.2, 0.25) is 0 Å². The van der Waals surface area contributed by atoms with Gasteiger partial charge in [-0.15, -0.1) is 12.4 Å². The normalized spacial score (nSPS) is 28.2. The zero-order chi connectivity index (χ0) is 8.81. The third-order valence-electron chi connectivity index (χ3n) is 2.42. The molecule has 0 aromatic heterocycles. The summed E-state index contributed by atoms with van der Waals surface area (Å²) < 4.78 is 12.7. The lowest BCUT2D eigenvalue weighted by atomic mass is 9.94. The van der Waals surface area contributed by atoms with Gasteiger partial charge in [0.25, 0.3) is 0 Å². The van der Waals surface area contributed by atoms with Crippen molar-refractivity contribution in [2.75, 3.05) is 13.2 Å². The van der Waals surface area contributed by atoms with Gasteiger partial charge >= 0.3 is 0 Å². The van der Waals surface area contributed by atoms with Gasteiger partial charge in [0.15, 0.2) is 0 Å². The minimum absolute atomic E-state index is 0. The van der Waals surface area contributed by atoms with Gasteiger partial charge in [0, 0.05) is 12.6 Å². The van der Waals surface area contributed by atoms with Crippen LogP contribution >= 0.6 is 12.4 Å². The molecule has 1 rings (SSSR count). The van der Waals surface area contributed by atoms with Crippen LogP contribution in [-0.2, 0) is 0 Å². The fourth-order valence-electron chi connectivity index (χ4n) is 1.64. The second kappa shape index (κ2) is 7.54. The Kier molecular flexibility index (Phi) is 7.62. The Balaban J connectivity index is 0.00000144. The SMILES string of the molecule is Cl.OCCCNC1CCC(F)CC1. The molecule has 0 aromatic rings. The molecule has 0 spiro atoms. The van der Waals surface area contributed by atoms with Crippen molar-refractivity contribution >= 4 is 12.4 Å². The van der Waals surface area contributed by atoms with Gasteiger partial charge in [-0.2, -0.15) is 0 Å². The largest absolute Gasteiger partial charge is 0.396 e. The molecule has 0 heterocycles. The van der Waals surface area contributed by atoms with E-state index < -0.39 is 6.17 Å². The molecule has 1 aliphatic rings. The lowest BCUT2D eigenvalue weighted by molar-refractivity contribution is 0.216. The first kappa shape index (κ1) is 13.1. The standard InChI is InChI=1S/C9H18FNO.ClH/c10-8-2-4-9(5-3-8)11-6-1-7-12;/h8-9,11-12H,1-7H2;1H. The van der Waals surface area contributed by atoms with Crippen molar-refractivity contribution in [3.8, 4) is 0 Å². The van der Waals surface area contributed by atoms with E-state index >= 15 is 0 Å². The summed E-state index contributed by atoms with van der Waals surface area (Å²) in [6.45, 7) is 1.10. The predicted molar refractivity (Wildman–Crippen MR) is 54.1 cm³/mol. The molecule has 0 atom stereocenters. The topological polar surface area (TPSA) is 32.3 Å². The van der Waals surface area contributed by atoms with E-state index in [9.17, 15) is 4.39 Å². The lowest BCUT2D eigenvalue weighted by Crippen LogP contribution is -2.34. The zero-order valence-electron chi connectivity index (χ0n) is 7.84. The van der Waals surface area contributed by atoms with Crippen LogP contribution in [0.3, 0.4) is 0 Å². The first-order chi connectivity index (χ1) is 5.83. The molecule has 1 fully saturated rings. The number of hydrogen-bond donors (Lipinski definition) is 2. The Hall–Kier alpha value is 0.140. The first-order valence-electron chi connectivity index (χ1n) is 4.81. The molecular formula is C9H19ClFNO. The van der Waals surface area contributed by atoms with Crippen molar-refractivity contribution in [2.24, 2.45) is 0 Å². The van der Waals surface area contributed by atoms with Crippen molar-refractivity contribution in [1.29, 1.82) is 0 Å². The molecule has 80 valence electrons. The maximum Gasteiger partial charge on any atom is 0.100 e. The zero-order valence-corrected chi connectivity index (χ0v) is 8.65. The van der Waals surface area contributed by atoms with Crippen LogP contribution in [0.4, 0.5) is 4.39 Å². The first-order valence-corrected chi connectivity index (χ1v) is 4.81. The van der Waals surface area contributed by atoms with Crippen LogP contribution < -0.4 is 5.32 Å². The molecule has 1 saturated carbocycles. The second-order valence-electron chi connectivity index (χ2n) is 3.48. The van der Waals surface area contributed by atoms with Gasteiger partial charge in [-0.25, -0.2) is 4.39 Å². The van der Waals surface area contributed by atoms with Crippen molar-refractivity contribution in [2.45, 2.75) is 44.3 Å². The maximum absolute atomic E-state index is 12.7. The maximum atomic E-state index is 12.7. The highest BCUT2D eigenvalue weighted by molar-refractivity contribution is 5.85. The highest BCUT2D eigenvalue weighted by atomic mass is 35.5. The third-order valence-corrected chi connectivity index (χ3v) is 2.42. The van der Waals surface area contributed by atoms with Gasteiger partial charge in [0.2, 0.25) is 0 Å². The number of aliphatic hydroxyl groups excluding tert-OH is 1. The predicted octanol–water partition coefficient (Wildman–Crippen LogP) is 1.66. The van der Waals surface area contributed by atoms with Crippen LogP contribution in [0.15, 0.2) is 0 Å². The Morgan fingerprint density at radius 2 is 1.85 bits per heavy atom. The number of aliphatic hydroxyl groups is 1. The molecule has 13 heavy (non-hydrogen) atoms. The quantitative estimate of drug-likeness (QED) is 0.694. The Morgan fingerprint density at radius 1 is 1.23 bits per heavy atom. The summed E-state index contributed by atoms with van der Waals surface area (Å²) in [6, 6.07) is 0.489. The molecule has 2 nitrogen and oxygen atoms in total. The summed E-state index contributed by atoms with van der Waals surface area (Å²) >= 11 is 0. The molecular weight excluding hydrogens is 193 g/mol. The lowest BCUT2D eigenvalue weighted by Gasteiger charge is -2.24. The fourth-order valence-corrected chi connectivity index (χ4v) is 1.64. The smallest absolute Gasteiger partial charge is 0.100 e. The van der Waals surface area contributed by atoms with Gasteiger partial charge in [-0.3, -0.25) is 0 Å². The van der Waals surface area contributed by atoms with E-state index in [-0.39, 0.29) is 19.0 Å². The molecule has 0 unspecified atom stereocenters. The van der Waals surface area contributed by atoms with E-state index in [0.717, 1.165) is 25.8 Å². The molecule has 0 saturated heterocycles. The molecule has 0 radical (unpaired) electrons. The van der Waals surface area contributed by atoms with E-state index in [2.05, 4.69) is 5.32 Å². The van der Waals surface area contributed by atoms with Gasteiger partial charge in [0.1, 0.15) is 6.17 Å². The van der Waals surface area contributed by atoms with E-state index in [1.807, 2.05) is 0 Å². The summed E-state index contributed by atoms with van der Waals surface area (Å²) in [5.74, 6) is 0. The van der Waals surface area contributed by atoms with E-state index in [1.165, 1.54) is 0 Å². The van der Waals surface area contributed by atoms with Crippen LogP contribution in [0.5, 0.6) is 0 Å². The molecule has 0 aromatic carbocycles. The number of nitrogens with one attached hydrogen (secondary N) is 1. The van der Waals surface area contributed by atoms with Gasteiger partial charge in [-0.1, -0.05) is 0 Å². The van der Waals surface area contributed by atoms with Gasteiger partial charge in [0.05, 0.1) is 0 Å². The van der Waals surface area contributed by atoms with E-state index in [0.29, 0.717) is 18.9 Å². The summed E-state index contributed by atoms with van der Waals surface area (Å²) in [5, 5.41) is 11.9. The molecule has 4 heteroatoms. The highest BCUT2D eigenvalue weighted by Crippen LogP contribution is 2.20. The average Bonchev–Trinajstić information content (AvgIpc) is 2.09. The van der Waals surface area contributed by atoms with E-state index in [4.69, 9.17) is 5.11 Å². The summed E-state index contributed by atoms with van der Waals surface area (Å²) in [4.78, 5) is 0. The third kappa shape index (κ3) is 5.45. The molecule has 0 aliphatic heterocycles. The van der Waals surface area contributed by atoms with Gasteiger partial charge < -0.3 is 10.4 Å².